The molecule has 0 atom stereocenters. The topological polar surface area (TPSA) is 38.3 Å². The van der Waals surface area contributed by atoms with Crippen molar-refractivity contribution in [3.8, 4) is 5.75 Å². The van der Waals surface area contributed by atoms with Gasteiger partial charge in [-0.3, -0.25) is 4.79 Å². The second-order valence-electron chi connectivity index (χ2n) is 5.79. The molecule has 0 heterocycles. The van der Waals surface area contributed by atoms with E-state index in [0.717, 1.165) is 29.8 Å². The third-order valence-electron chi connectivity index (χ3n) is 4.11. The summed E-state index contributed by atoms with van der Waals surface area (Å²) < 4.78 is 5.63. The average molecular weight is 295 g/mol. The first-order valence-corrected chi connectivity index (χ1v) is 7.82. The molecule has 0 saturated heterocycles. The highest BCUT2D eigenvalue weighted by Gasteiger charge is 2.11. The highest BCUT2D eigenvalue weighted by molar-refractivity contribution is 5.92. The number of nitrogens with one attached hydrogen (secondary N) is 1. The van der Waals surface area contributed by atoms with Crippen LogP contribution in [0.25, 0.3) is 0 Å². The molecule has 0 saturated carbocycles. The summed E-state index contributed by atoms with van der Waals surface area (Å²) in [7, 11) is 0. The Morgan fingerprint density at radius 3 is 2.68 bits per heavy atom. The smallest absolute Gasteiger partial charge is 0.262 e. The van der Waals surface area contributed by atoms with Gasteiger partial charge < -0.3 is 10.1 Å². The van der Waals surface area contributed by atoms with Crippen molar-refractivity contribution in [1.82, 2.24) is 0 Å². The van der Waals surface area contributed by atoms with Gasteiger partial charge in [-0.05, 0) is 67.5 Å². The highest BCUT2D eigenvalue weighted by Crippen LogP contribution is 2.25. The second kappa shape index (κ2) is 6.65. The Bertz CT molecular complexity index is 679. The molecule has 0 fully saturated rings. The second-order valence-corrected chi connectivity index (χ2v) is 5.79. The van der Waals surface area contributed by atoms with Gasteiger partial charge in [-0.25, -0.2) is 0 Å². The SMILES string of the molecule is Cc1ccccc1NC(=O)COc1ccc2c(c1)CCCC2. The van der Waals surface area contributed by atoms with E-state index in [9.17, 15) is 4.79 Å². The Balaban J connectivity index is 1.58. The molecule has 3 heteroatoms. The number of hydrogen-bond donors (Lipinski definition) is 1. The fraction of sp³-hybridized carbons (Fsp3) is 0.316. The monoisotopic (exact) mass is 295 g/mol. The van der Waals surface area contributed by atoms with Crippen molar-refractivity contribution in [3.05, 3.63) is 59.2 Å². The molecule has 1 N–H and O–H groups in total. The Morgan fingerprint density at radius 2 is 1.86 bits per heavy atom. The lowest BCUT2D eigenvalue weighted by Crippen LogP contribution is -2.20. The van der Waals surface area contributed by atoms with Gasteiger partial charge in [0.25, 0.3) is 5.91 Å². The number of carbonyl (C=O) groups excluding carboxylic acids is 1. The standard InChI is InChI=1S/C19H21NO2/c1-14-6-2-5-9-18(14)20-19(21)13-22-17-11-10-15-7-3-4-8-16(15)12-17/h2,5-6,9-12H,3-4,7-8,13H2,1H3,(H,20,21). The number of hydrogen-bond acceptors (Lipinski definition) is 2. The van der Waals surface area contributed by atoms with E-state index in [2.05, 4.69) is 17.4 Å². The molecule has 1 aliphatic rings. The van der Waals surface area contributed by atoms with Crippen LogP contribution in [0.3, 0.4) is 0 Å². The van der Waals surface area contributed by atoms with Crippen molar-refractivity contribution in [1.29, 1.82) is 0 Å². The molecule has 0 bridgehead atoms. The molecule has 1 amide bonds. The molecule has 2 aromatic carbocycles. The van der Waals surface area contributed by atoms with E-state index < -0.39 is 0 Å². The van der Waals surface area contributed by atoms with Gasteiger partial charge in [-0.15, -0.1) is 0 Å². The molecule has 0 aliphatic heterocycles. The lowest BCUT2D eigenvalue weighted by Gasteiger charge is -2.16. The number of amides is 1. The first-order valence-electron chi connectivity index (χ1n) is 7.82. The molecular formula is C19H21NO2. The van der Waals surface area contributed by atoms with Crippen molar-refractivity contribution >= 4 is 11.6 Å². The third kappa shape index (κ3) is 3.48. The minimum absolute atomic E-state index is 0.0348. The van der Waals surface area contributed by atoms with Crippen molar-refractivity contribution in [2.24, 2.45) is 0 Å². The van der Waals surface area contributed by atoms with Gasteiger partial charge in [0, 0.05) is 5.69 Å². The van der Waals surface area contributed by atoms with E-state index in [4.69, 9.17) is 4.74 Å². The van der Waals surface area contributed by atoms with Crippen LogP contribution >= 0.6 is 0 Å². The summed E-state index contributed by atoms with van der Waals surface area (Å²) in [4.78, 5) is 12.0. The summed E-state index contributed by atoms with van der Waals surface area (Å²) in [6.45, 7) is 2.01. The van der Waals surface area contributed by atoms with Gasteiger partial charge in [0.2, 0.25) is 0 Å². The molecular weight excluding hydrogens is 274 g/mol. The number of para-hydroxylation sites is 1. The molecule has 0 unspecified atom stereocenters. The molecule has 0 aromatic heterocycles. The van der Waals surface area contributed by atoms with Crippen LogP contribution in [0, 0.1) is 6.92 Å². The lowest BCUT2D eigenvalue weighted by atomic mass is 9.92. The van der Waals surface area contributed by atoms with Crippen molar-refractivity contribution in [2.45, 2.75) is 32.6 Å². The van der Waals surface area contributed by atoms with Gasteiger partial charge in [-0.1, -0.05) is 24.3 Å². The number of anilines is 1. The van der Waals surface area contributed by atoms with E-state index >= 15 is 0 Å². The lowest BCUT2D eigenvalue weighted by molar-refractivity contribution is -0.118. The summed E-state index contributed by atoms with van der Waals surface area (Å²) >= 11 is 0. The van der Waals surface area contributed by atoms with Gasteiger partial charge in [-0.2, -0.15) is 0 Å². The molecule has 22 heavy (non-hydrogen) atoms. The van der Waals surface area contributed by atoms with Crippen molar-refractivity contribution < 1.29 is 9.53 Å². The van der Waals surface area contributed by atoms with E-state index in [1.165, 1.54) is 24.0 Å². The first kappa shape index (κ1) is 14.6. The Labute approximate surface area is 131 Å². The zero-order valence-electron chi connectivity index (χ0n) is 12.9. The molecule has 114 valence electrons. The van der Waals surface area contributed by atoms with E-state index in [-0.39, 0.29) is 12.5 Å². The van der Waals surface area contributed by atoms with Gasteiger partial charge >= 0.3 is 0 Å². The van der Waals surface area contributed by atoms with Crippen molar-refractivity contribution in [2.75, 3.05) is 11.9 Å². The van der Waals surface area contributed by atoms with Gasteiger partial charge in [0.05, 0.1) is 0 Å². The largest absolute Gasteiger partial charge is 0.484 e. The fourth-order valence-electron chi connectivity index (χ4n) is 2.85. The quantitative estimate of drug-likeness (QED) is 0.929. The summed E-state index contributed by atoms with van der Waals surface area (Å²) in [6, 6.07) is 13.9. The fourth-order valence-corrected chi connectivity index (χ4v) is 2.85. The van der Waals surface area contributed by atoms with Gasteiger partial charge in [0.15, 0.2) is 6.61 Å². The first-order chi connectivity index (χ1) is 10.7. The van der Waals surface area contributed by atoms with Crippen LogP contribution in [0.4, 0.5) is 5.69 Å². The van der Waals surface area contributed by atoms with E-state index in [0.29, 0.717) is 0 Å². The number of ether oxygens (including phenoxy) is 1. The zero-order valence-corrected chi connectivity index (χ0v) is 12.9. The van der Waals surface area contributed by atoms with Crippen LogP contribution in [0.2, 0.25) is 0 Å². The number of fused-ring (bicyclic) bond motifs is 1. The number of carbonyl (C=O) groups is 1. The Morgan fingerprint density at radius 1 is 1.09 bits per heavy atom. The number of rotatable bonds is 4. The molecule has 0 spiro atoms. The number of aryl methyl sites for hydroxylation is 3. The van der Waals surface area contributed by atoms with Gasteiger partial charge in [0.1, 0.15) is 5.75 Å². The maximum absolute atomic E-state index is 12.0. The molecule has 1 aliphatic carbocycles. The maximum Gasteiger partial charge on any atom is 0.262 e. The minimum Gasteiger partial charge on any atom is -0.484 e. The minimum atomic E-state index is -0.132. The molecule has 0 radical (unpaired) electrons. The summed E-state index contributed by atoms with van der Waals surface area (Å²) in [5, 5.41) is 2.88. The van der Waals surface area contributed by atoms with E-state index in [1.54, 1.807) is 0 Å². The summed E-state index contributed by atoms with van der Waals surface area (Å²) in [5.74, 6) is 0.646. The predicted molar refractivity (Wildman–Crippen MR) is 88.4 cm³/mol. The Hall–Kier alpha value is -2.29. The van der Waals surface area contributed by atoms with Crippen molar-refractivity contribution in [3.63, 3.8) is 0 Å². The third-order valence-corrected chi connectivity index (χ3v) is 4.11. The molecule has 3 nitrogen and oxygen atoms in total. The average Bonchev–Trinajstić information content (AvgIpc) is 2.55. The number of benzene rings is 2. The normalized spacial score (nSPS) is 13.3. The maximum atomic E-state index is 12.0. The zero-order chi connectivity index (χ0) is 15.4. The highest BCUT2D eigenvalue weighted by atomic mass is 16.5. The van der Waals surface area contributed by atoms with Crippen LogP contribution in [-0.2, 0) is 17.6 Å². The van der Waals surface area contributed by atoms with Crippen LogP contribution in [0.1, 0.15) is 29.5 Å². The van der Waals surface area contributed by atoms with Crippen LogP contribution in [-0.4, -0.2) is 12.5 Å². The van der Waals surface area contributed by atoms with E-state index in [1.807, 2.05) is 37.3 Å². The van der Waals surface area contributed by atoms with Crippen LogP contribution < -0.4 is 10.1 Å². The summed E-state index contributed by atoms with van der Waals surface area (Å²) in [6.07, 6.45) is 4.78. The molecule has 3 rings (SSSR count). The van der Waals surface area contributed by atoms with Crippen LogP contribution in [0.5, 0.6) is 5.75 Å². The Kier molecular flexibility index (Phi) is 4.42. The van der Waals surface area contributed by atoms with Crippen LogP contribution in [0.15, 0.2) is 42.5 Å². The molecule has 2 aromatic rings. The summed E-state index contributed by atoms with van der Waals surface area (Å²) in [5.41, 5.74) is 4.66. The predicted octanol–water partition coefficient (Wildman–Crippen LogP) is 3.89.